The summed E-state index contributed by atoms with van der Waals surface area (Å²) in [6.07, 6.45) is 11.5. The highest BCUT2D eigenvalue weighted by molar-refractivity contribution is 5.68. The number of benzene rings is 1. The molecule has 0 aliphatic heterocycles. The molecule has 0 amide bonds. The van der Waals surface area contributed by atoms with Gasteiger partial charge in [0.2, 0.25) is 0 Å². The van der Waals surface area contributed by atoms with E-state index in [0.29, 0.717) is 12.2 Å². The number of carbonyl (C=O) groups is 1. The summed E-state index contributed by atoms with van der Waals surface area (Å²) in [5.74, 6) is 0.215. The van der Waals surface area contributed by atoms with E-state index in [2.05, 4.69) is 10.1 Å². The highest BCUT2D eigenvalue weighted by Gasteiger charge is 1.99. The van der Waals surface area contributed by atoms with Gasteiger partial charge in [-0.15, -0.1) is 0 Å². The molecule has 0 heterocycles. The van der Waals surface area contributed by atoms with Crippen molar-refractivity contribution in [1.82, 2.24) is 0 Å². The lowest BCUT2D eigenvalue weighted by Crippen LogP contribution is -2.00. The molecule has 0 aliphatic carbocycles. The lowest BCUT2D eigenvalue weighted by Gasteiger charge is -2.06. The van der Waals surface area contributed by atoms with Gasteiger partial charge in [-0.05, 0) is 37.1 Å². The Morgan fingerprint density at radius 3 is 2.00 bits per heavy atom. The number of carbonyl (C=O) groups excluding carboxylic acids is 1. The first kappa shape index (κ1) is 19.3. The monoisotopic (exact) mass is 321 g/mol. The smallest absolute Gasteiger partial charge is 0.305 e. The van der Waals surface area contributed by atoms with Gasteiger partial charge in [0, 0.05) is 18.7 Å². The van der Waals surface area contributed by atoms with Crippen LogP contribution in [0.25, 0.3) is 0 Å². The van der Waals surface area contributed by atoms with Crippen molar-refractivity contribution in [2.45, 2.75) is 64.2 Å². The lowest BCUT2D eigenvalue weighted by molar-refractivity contribution is -0.140. The normalized spacial score (nSPS) is 10.5. The first-order valence-corrected chi connectivity index (χ1v) is 8.82. The van der Waals surface area contributed by atoms with Gasteiger partial charge in [-0.2, -0.15) is 0 Å². The van der Waals surface area contributed by atoms with Crippen LogP contribution in [0.3, 0.4) is 0 Å². The third-order valence-electron chi connectivity index (χ3n) is 3.98. The zero-order valence-electron chi connectivity index (χ0n) is 14.4. The maximum Gasteiger partial charge on any atom is 0.305 e. The van der Waals surface area contributed by atoms with Crippen molar-refractivity contribution in [3.8, 4) is 5.75 Å². The Bertz CT molecular complexity index is 417. The number of phenolic OH excluding ortho intramolecular Hbond substituents is 1. The van der Waals surface area contributed by atoms with Gasteiger partial charge in [0.05, 0.1) is 7.11 Å². The summed E-state index contributed by atoms with van der Waals surface area (Å²) < 4.78 is 4.62. The quantitative estimate of drug-likeness (QED) is 0.309. The summed E-state index contributed by atoms with van der Waals surface area (Å²) in [6.45, 7) is 0.984. The second-order valence-corrected chi connectivity index (χ2v) is 5.98. The summed E-state index contributed by atoms with van der Waals surface area (Å²) >= 11 is 0. The molecular formula is C19H31NO3. The number of anilines is 1. The molecule has 0 unspecified atom stereocenters. The number of ether oxygens (including phenoxy) is 1. The zero-order chi connectivity index (χ0) is 16.8. The fraction of sp³-hybridized carbons (Fsp3) is 0.632. The number of methoxy groups -OCH3 is 1. The van der Waals surface area contributed by atoms with E-state index in [1.54, 1.807) is 12.1 Å². The molecule has 0 saturated heterocycles. The fourth-order valence-electron chi connectivity index (χ4n) is 2.55. The van der Waals surface area contributed by atoms with Crippen LogP contribution in [0.5, 0.6) is 5.75 Å². The Morgan fingerprint density at radius 2 is 1.43 bits per heavy atom. The predicted molar refractivity (Wildman–Crippen MR) is 94.8 cm³/mol. The summed E-state index contributed by atoms with van der Waals surface area (Å²) in [7, 11) is 1.45. The van der Waals surface area contributed by atoms with Gasteiger partial charge in [0.1, 0.15) is 5.75 Å². The number of esters is 1. The van der Waals surface area contributed by atoms with E-state index in [9.17, 15) is 9.90 Å². The number of unbranched alkanes of at least 4 members (excludes halogenated alkanes) is 8. The van der Waals surface area contributed by atoms with Crippen LogP contribution in [0.2, 0.25) is 0 Å². The Labute approximate surface area is 140 Å². The molecular weight excluding hydrogens is 290 g/mol. The lowest BCUT2D eigenvalue weighted by atomic mass is 10.1. The molecule has 1 rings (SSSR count). The van der Waals surface area contributed by atoms with Gasteiger partial charge < -0.3 is 15.2 Å². The topological polar surface area (TPSA) is 58.6 Å². The number of rotatable bonds is 13. The molecule has 4 heteroatoms. The molecule has 130 valence electrons. The summed E-state index contributed by atoms with van der Waals surface area (Å²) in [5, 5.41) is 12.6. The van der Waals surface area contributed by atoms with Crippen molar-refractivity contribution in [1.29, 1.82) is 0 Å². The number of aromatic hydroxyl groups is 1. The van der Waals surface area contributed by atoms with Crippen LogP contribution >= 0.6 is 0 Å². The van der Waals surface area contributed by atoms with Crippen molar-refractivity contribution < 1.29 is 14.6 Å². The van der Waals surface area contributed by atoms with Gasteiger partial charge in [0.15, 0.2) is 0 Å². The van der Waals surface area contributed by atoms with E-state index in [4.69, 9.17) is 0 Å². The zero-order valence-corrected chi connectivity index (χ0v) is 14.4. The SMILES string of the molecule is COC(=O)CCCCCCCCCCCNc1ccc(O)cc1. The molecule has 0 atom stereocenters. The van der Waals surface area contributed by atoms with Crippen molar-refractivity contribution in [2.75, 3.05) is 19.0 Å². The van der Waals surface area contributed by atoms with Gasteiger partial charge >= 0.3 is 5.97 Å². The number of phenols is 1. The molecule has 0 spiro atoms. The maximum atomic E-state index is 10.9. The van der Waals surface area contributed by atoms with Crippen LogP contribution in [0, 0.1) is 0 Å². The maximum absolute atomic E-state index is 10.9. The van der Waals surface area contributed by atoms with Crippen molar-refractivity contribution in [3.05, 3.63) is 24.3 Å². The average Bonchev–Trinajstić information content (AvgIpc) is 2.57. The van der Waals surface area contributed by atoms with E-state index in [0.717, 1.165) is 25.1 Å². The minimum atomic E-state index is -0.0917. The number of nitrogens with one attached hydrogen (secondary N) is 1. The predicted octanol–water partition coefficient (Wildman–Crippen LogP) is 4.88. The van der Waals surface area contributed by atoms with Gasteiger partial charge in [0.25, 0.3) is 0 Å². The molecule has 0 aliphatic rings. The largest absolute Gasteiger partial charge is 0.508 e. The van der Waals surface area contributed by atoms with Crippen LogP contribution < -0.4 is 5.32 Å². The molecule has 1 aromatic carbocycles. The van der Waals surface area contributed by atoms with E-state index in [1.807, 2.05) is 12.1 Å². The molecule has 4 nitrogen and oxygen atoms in total. The summed E-state index contributed by atoms with van der Waals surface area (Å²) in [6, 6.07) is 7.20. The standard InChI is InChI=1S/C19H31NO3/c1-23-19(22)11-9-7-5-3-2-4-6-8-10-16-20-17-12-14-18(21)15-13-17/h12-15,20-21H,2-11,16H2,1H3. The van der Waals surface area contributed by atoms with Gasteiger partial charge in [-0.3, -0.25) is 4.79 Å². The number of hydrogen-bond acceptors (Lipinski definition) is 4. The highest BCUT2D eigenvalue weighted by atomic mass is 16.5. The van der Waals surface area contributed by atoms with E-state index in [-0.39, 0.29) is 5.97 Å². The van der Waals surface area contributed by atoms with Crippen LogP contribution in [-0.4, -0.2) is 24.7 Å². The third-order valence-corrected chi connectivity index (χ3v) is 3.98. The average molecular weight is 321 g/mol. The van der Waals surface area contributed by atoms with Crippen LogP contribution in [0.4, 0.5) is 5.69 Å². The second kappa shape index (κ2) is 12.8. The van der Waals surface area contributed by atoms with Crippen molar-refractivity contribution in [2.24, 2.45) is 0 Å². The Morgan fingerprint density at radius 1 is 0.913 bits per heavy atom. The van der Waals surface area contributed by atoms with E-state index in [1.165, 1.54) is 52.1 Å². The van der Waals surface area contributed by atoms with E-state index >= 15 is 0 Å². The Hall–Kier alpha value is -1.71. The minimum Gasteiger partial charge on any atom is -0.508 e. The Kier molecular flexibility index (Phi) is 10.8. The fourth-order valence-corrected chi connectivity index (χ4v) is 2.55. The molecule has 1 aromatic rings. The molecule has 0 radical (unpaired) electrons. The van der Waals surface area contributed by atoms with E-state index < -0.39 is 0 Å². The molecule has 0 bridgehead atoms. The first-order valence-electron chi connectivity index (χ1n) is 8.82. The number of hydrogen-bond donors (Lipinski definition) is 2. The van der Waals surface area contributed by atoms with Crippen LogP contribution in [0.1, 0.15) is 64.2 Å². The van der Waals surface area contributed by atoms with Crippen molar-refractivity contribution in [3.63, 3.8) is 0 Å². The summed E-state index contributed by atoms with van der Waals surface area (Å²) in [4.78, 5) is 10.9. The van der Waals surface area contributed by atoms with Gasteiger partial charge in [-0.1, -0.05) is 44.9 Å². The molecule has 0 saturated carbocycles. The minimum absolute atomic E-state index is 0.0917. The van der Waals surface area contributed by atoms with Gasteiger partial charge in [-0.25, -0.2) is 0 Å². The molecule has 23 heavy (non-hydrogen) atoms. The van der Waals surface area contributed by atoms with Crippen molar-refractivity contribution >= 4 is 11.7 Å². The summed E-state index contributed by atoms with van der Waals surface area (Å²) in [5.41, 5.74) is 1.06. The third kappa shape index (κ3) is 10.6. The molecule has 2 N–H and O–H groups in total. The van der Waals surface area contributed by atoms with Crippen LogP contribution in [0.15, 0.2) is 24.3 Å². The molecule has 0 fully saturated rings. The second-order valence-electron chi connectivity index (χ2n) is 5.98. The molecule has 0 aromatic heterocycles. The van der Waals surface area contributed by atoms with Crippen LogP contribution in [-0.2, 0) is 9.53 Å². The highest BCUT2D eigenvalue weighted by Crippen LogP contribution is 2.14. The first-order chi connectivity index (χ1) is 11.2. The Balaban J connectivity index is 1.81.